The number of rotatable bonds is 4. The Morgan fingerprint density at radius 2 is 1.83 bits per heavy atom. The van der Waals surface area contributed by atoms with Gasteiger partial charge in [-0.1, -0.05) is 29.3 Å². The van der Waals surface area contributed by atoms with Crippen LogP contribution in [0.15, 0.2) is 48.7 Å². The van der Waals surface area contributed by atoms with E-state index in [0.717, 1.165) is 5.69 Å². The summed E-state index contributed by atoms with van der Waals surface area (Å²) in [6.07, 6.45) is 1.72. The fourth-order valence-electron chi connectivity index (χ4n) is 2.00. The van der Waals surface area contributed by atoms with E-state index in [0.29, 0.717) is 33.2 Å². The fraction of sp³-hybridized carbons (Fsp3) is 0.0625. The Morgan fingerprint density at radius 1 is 0.957 bits per heavy atom. The van der Waals surface area contributed by atoms with E-state index in [1.54, 1.807) is 31.4 Å². The number of benzene rings is 1. The van der Waals surface area contributed by atoms with Crippen molar-refractivity contribution in [2.45, 2.75) is 0 Å². The van der Waals surface area contributed by atoms with Crippen LogP contribution in [-0.4, -0.2) is 22.0 Å². The number of halogens is 2. The molecule has 0 spiro atoms. The van der Waals surface area contributed by atoms with E-state index in [2.05, 4.69) is 25.6 Å². The minimum Gasteiger partial charge on any atom is -0.357 e. The molecule has 3 aromatic rings. The smallest absolute Gasteiger partial charge is 0.225 e. The Balaban J connectivity index is 1.99. The molecular formula is C16H13Cl2N5. The molecule has 7 heteroatoms. The molecule has 23 heavy (non-hydrogen) atoms. The molecule has 2 heterocycles. The fourth-order valence-corrected chi connectivity index (χ4v) is 2.45. The van der Waals surface area contributed by atoms with Crippen LogP contribution in [0.1, 0.15) is 0 Å². The van der Waals surface area contributed by atoms with Crippen LogP contribution in [0, 0.1) is 0 Å². The van der Waals surface area contributed by atoms with Gasteiger partial charge in [-0.25, -0.2) is 4.98 Å². The lowest BCUT2D eigenvalue weighted by Crippen LogP contribution is -2.02. The second kappa shape index (κ2) is 6.81. The van der Waals surface area contributed by atoms with Crippen LogP contribution < -0.4 is 10.6 Å². The minimum atomic E-state index is 0.487. The molecule has 2 aromatic heterocycles. The number of nitrogens with zero attached hydrogens (tertiary/aromatic N) is 3. The highest BCUT2D eigenvalue weighted by molar-refractivity contribution is 6.36. The zero-order valence-corrected chi connectivity index (χ0v) is 13.7. The number of pyridine rings is 1. The molecule has 0 radical (unpaired) electrons. The van der Waals surface area contributed by atoms with Gasteiger partial charge in [-0.3, -0.25) is 4.98 Å². The van der Waals surface area contributed by atoms with Gasteiger partial charge in [-0.15, -0.1) is 0 Å². The molecule has 0 amide bonds. The Labute approximate surface area is 143 Å². The minimum absolute atomic E-state index is 0.487. The van der Waals surface area contributed by atoms with Crippen molar-refractivity contribution < 1.29 is 0 Å². The summed E-state index contributed by atoms with van der Waals surface area (Å²) in [5.41, 5.74) is 2.18. The van der Waals surface area contributed by atoms with Crippen LogP contribution in [0.4, 0.5) is 17.5 Å². The standard InChI is InChI=1S/C16H13Cl2N5/c1-19-16-22-14(13-4-2-3-7-20-13)9-15(23-16)21-12-6-5-10(17)8-11(12)18/h2-9H,1H3,(H2,19,21,22,23). The highest BCUT2D eigenvalue weighted by Crippen LogP contribution is 2.29. The molecule has 0 aliphatic heterocycles. The third-order valence-electron chi connectivity index (χ3n) is 3.07. The molecule has 0 aliphatic rings. The lowest BCUT2D eigenvalue weighted by atomic mass is 10.2. The van der Waals surface area contributed by atoms with Gasteiger partial charge in [-0.05, 0) is 30.3 Å². The molecule has 2 N–H and O–H groups in total. The van der Waals surface area contributed by atoms with E-state index in [-0.39, 0.29) is 0 Å². The second-order valence-corrected chi connectivity index (χ2v) is 5.52. The van der Waals surface area contributed by atoms with Gasteiger partial charge >= 0.3 is 0 Å². The highest BCUT2D eigenvalue weighted by Gasteiger charge is 2.09. The SMILES string of the molecule is CNc1nc(Nc2ccc(Cl)cc2Cl)cc(-c2ccccn2)n1. The first-order valence-corrected chi connectivity index (χ1v) is 7.61. The zero-order chi connectivity index (χ0) is 16.2. The number of hydrogen-bond acceptors (Lipinski definition) is 5. The van der Waals surface area contributed by atoms with Gasteiger partial charge in [0.15, 0.2) is 0 Å². The van der Waals surface area contributed by atoms with Gasteiger partial charge in [0.2, 0.25) is 5.95 Å². The predicted molar refractivity (Wildman–Crippen MR) is 94.6 cm³/mol. The maximum Gasteiger partial charge on any atom is 0.225 e. The largest absolute Gasteiger partial charge is 0.357 e. The number of nitrogens with one attached hydrogen (secondary N) is 2. The van der Waals surface area contributed by atoms with Crippen molar-refractivity contribution in [1.29, 1.82) is 0 Å². The molecule has 1 aromatic carbocycles. The number of hydrogen-bond donors (Lipinski definition) is 2. The number of aromatic nitrogens is 3. The third-order valence-corrected chi connectivity index (χ3v) is 3.62. The first-order valence-electron chi connectivity index (χ1n) is 6.86. The van der Waals surface area contributed by atoms with Crippen LogP contribution in [0.5, 0.6) is 0 Å². The van der Waals surface area contributed by atoms with Crippen LogP contribution in [0.2, 0.25) is 10.0 Å². The van der Waals surface area contributed by atoms with E-state index in [9.17, 15) is 0 Å². The molecule has 0 aliphatic carbocycles. The van der Waals surface area contributed by atoms with Crippen molar-refractivity contribution in [1.82, 2.24) is 15.0 Å². The maximum atomic E-state index is 6.19. The summed E-state index contributed by atoms with van der Waals surface area (Å²) >= 11 is 12.1. The molecule has 0 saturated carbocycles. The Hall–Kier alpha value is -2.37. The highest BCUT2D eigenvalue weighted by atomic mass is 35.5. The van der Waals surface area contributed by atoms with Gasteiger partial charge in [0, 0.05) is 24.3 Å². The van der Waals surface area contributed by atoms with Crippen molar-refractivity contribution in [3.63, 3.8) is 0 Å². The summed E-state index contributed by atoms with van der Waals surface area (Å²) in [6, 6.07) is 12.7. The first kappa shape index (κ1) is 15.5. The molecule has 5 nitrogen and oxygen atoms in total. The van der Waals surface area contributed by atoms with Crippen molar-refractivity contribution >= 4 is 40.7 Å². The summed E-state index contributed by atoms with van der Waals surface area (Å²) in [6.45, 7) is 0. The lowest BCUT2D eigenvalue weighted by molar-refractivity contribution is 1.14. The van der Waals surface area contributed by atoms with Crippen LogP contribution in [-0.2, 0) is 0 Å². The lowest BCUT2D eigenvalue weighted by Gasteiger charge is -2.11. The topological polar surface area (TPSA) is 62.7 Å². The maximum absolute atomic E-state index is 6.19. The average molecular weight is 346 g/mol. The summed E-state index contributed by atoms with van der Waals surface area (Å²) in [4.78, 5) is 13.1. The molecular weight excluding hydrogens is 333 g/mol. The Kier molecular flexibility index (Phi) is 4.60. The van der Waals surface area contributed by atoms with Crippen LogP contribution in [0.25, 0.3) is 11.4 Å². The van der Waals surface area contributed by atoms with E-state index < -0.39 is 0 Å². The normalized spacial score (nSPS) is 10.4. The Morgan fingerprint density at radius 3 is 2.52 bits per heavy atom. The average Bonchev–Trinajstić information content (AvgIpc) is 2.58. The molecule has 0 saturated heterocycles. The Bertz CT molecular complexity index is 824. The quantitative estimate of drug-likeness (QED) is 0.721. The molecule has 116 valence electrons. The molecule has 0 unspecified atom stereocenters. The van der Waals surface area contributed by atoms with Crippen LogP contribution >= 0.6 is 23.2 Å². The molecule has 0 bridgehead atoms. The van der Waals surface area contributed by atoms with Crippen molar-refractivity contribution in [3.05, 3.63) is 58.7 Å². The van der Waals surface area contributed by atoms with E-state index >= 15 is 0 Å². The molecule has 0 fully saturated rings. The van der Waals surface area contributed by atoms with Gasteiger partial charge in [-0.2, -0.15) is 4.98 Å². The summed E-state index contributed by atoms with van der Waals surface area (Å²) in [7, 11) is 1.76. The predicted octanol–water partition coefficient (Wildman–Crippen LogP) is 4.63. The van der Waals surface area contributed by atoms with Gasteiger partial charge in [0.05, 0.1) is 22.1 Å². The first-order chi connectivity index (χ1) is 11.2. The zero-order valence-electron chi connectivity index (χ0n) is 12.2. The van der Waals surface area contributed by atoms with Crippen molar-refractivity contribution in [3.8, 4) is 11.4 Å². The third kappa shape index (κ3) is 3.70. The number of anilines is 3. The van der Waals surface area contributed by atoms with E-state index in [1.807, 2.05) is 24.3 Å². The summed E-state index contributed by atoms with van der Waals surface area (Å²) in [5.74, 6) is 1.09. The molecule has 0 atom stereocenters. The van der Waals surface area contributed by atoms with Crippen molar-refractivity contribution in [2.24, 2.45) is 0 Å². The second-order valence-electron chi connectivity index (χ2n) is 4.68. The van der Waals surface area contributed by atoms with Gasteiger partial charge in [0.1, 0.15) is 5.82 Å². The van der Waals surface area contributed by atoms with E-state index in [1.165, 1.54) is 0 Å². The van der Waals surface area contributed by atoms with Crippen molar-refractivity contribution in [2.75, 3.05) is 17.7 Å². The van der Waals surface area contributed by atoms with Crippen LogP contribution in [0.3, 0.4) is 0 Å². The molecule has 3 rings (SSSR count). The van der Waals surface area contributed by atoms with E-state index in [4.69, 9.17) is 23.2 Å². The van der Waals surface area contributed by atoms with Gasteiger partial charge in [0.25, 0.3) is 0 Å². The monoisotopic (exact) mass is 345 g/mol. The summed E-state index contributed by atoms with van der Waals surface area (Å²) < 4.78 is 0. The van der Waals surface area contributed by atoms with Gasteiger partial charge < -0.3 is 10.6 Å². The summed E-state index contributed by atoms with van der Waals surface area (Å²) in [5, 5.41) is 7.21.